The molecule has 0 bridgehead atoms. The molecule has 0 saturated heterocycles. The minimum atomic E-state index is -1.14. The van der Waals surface area contributed by atoms with Gasteiger partial charge in [0.2, 0.25) is 0 Å². The maximum atomic E-state index is 12.3. The van der Waals surface area contributed by atoms with Crippen LogP contribution in [0.4, 0.5) is 5.13 Å². The van der Waals surface area contributed by atoms with Crippen LogP contribution in [0.15, 0.2) is 36.4 Å². The molecule has 1 aromatic carbocycles. The SMILES string of the molecule is Cc1nc(NC(=O)c2ccccc2)sc1-c1cc(C(=O)N[C@@H](C)C(=O)O)n[nH]1. The molecule has 0 aliphatic carbocycles. The van der Waals surface area contributed by atoms with Crippen molar-refractivity contribution in [2.75, 3.05) is 5.32 Å². The lowest BCUT2D eigenvalue weighted by atomic mass is 10.2. The smallest absolute Gasteiger partial charge is 0.325 e. The first-order valence-corrected chi connectivity index (χ1v) is 9.10. The second kappa shape index (κ2) is 8.01. The van der Waals surface area contributed by atoms with Crippen LogP contribution in [0.1, 0.15) is 33.5 Å². The predicted molar refractivity (Wildman–Crippen MR) is 103 cm³/mol. The van der Waals surface area contributed by atoms with Crippen molar-refractivity contribution in [2.45, 2.75) is 19.9 Å². The number of carbonyl (C=O) groups is 3. The van der Waals surface area contributed by atoms with E-state index < -0.39 is 17.9 Å². The van der Waals surface area contributed by atoms with Crippen molar-refractivity contribution in [3.63, 3.8) is 0 Å². The molecule has 1 atom stereocenters. The Labute approximate surface area is 163 Å². The average Bonchev–Trinajstić information content (AvgIpc) is 3.29. The second-order valence-corrected chi connectivity index (χ2v) is 6.95. The zero-order chi connectivity index (χ0) is 20.3. The molecule has 2 heterocycles. The fraction of sp³-hybridized carbons (Fsp3) is 0.167. The van der Waals surface area contributed by atoms with Crippen molar-refractivity contribution in [2.24, 2.45) is 0 Å². The van der Waals surface area contributed by atoms with E-state index in [9.17, 15) is 14.4 Å². The molecule has 10 heteroatoms. The topological polar surface area (TPSA) is 137 Å². The van der Waals surface area contributed by atoms with Gasteiger partial charge in [0.15, 0.2) is 10.8 Å². The molecule has 0 radical (unpaired) electrons. The molecule has 0 spiro atoms. The number of anilines is 1. The molecular weight excluding hydrogens is 382 g/mol. The number of amides is 2. The van der Waals surface area contributed by atoms with Gasteiger partial charge in [0, 0.05) is 5.56 Å². The van der Waals surface area contributed by atoms with E-state index in [0.717, 1.165) is 0 Å². The highest BCUT2D eigenvalue weighted by Gasteiger charge is 2.20. The number of benzene rings is 1. The number of aryl methyl sites for hydroxylation is 1. The van der Waals surface area contributed by atoms with Crippen molar-refractivity contribution in [1.29, 1.82) is 0 Å². The largest absolute Gasteiger partial charge is 0.480 e. The van der Waals surface area contributed by atoms with Crippen LogP contribution in [0, 0.1) is 6.92 Å². The van der Waals surface area contributed by atoms with Gasteiger partial charge in [-0.3, -0.25) is 24.8 Å². The van der Waals surface area contributed by atoms with E-state index in [1.807, 2.05) is 6.07 Å². The van der Waals surface area contributed by atoms with Crippen molar-refractivity contribution >= 4 is 34.3 Å². The molecule has 0 aliphatic heterocycles. The van der Waals surface area contributed by atoms with E-state index in [0.29, 0.717) is 27.0 Å². The highest BCUT2D eigenvalue weighted by atomic mass is 32.1. The number of aliphatic carboxylic acids is 1. The van der Waals surface area contributed by atoms with Crippen molar-refractivity contribution in [1.82, 2.24) is 20.5 Å². The lowest BCUT2D eigenvalue weighted by molar-refractivity contribution is -0.138. The number of rotatable bonds is 6. The summed E-state index contributed by atoms with van der Waals surface area (Å²) < 4.78 is 0. The van der Waals surface area contributed by atoms with Crippen molar-refractivity contribution < 1.29 is 19.5 Å². The lowest BCUT2D eigenvalue weighted by Gasteiger charge is -2.06. The fourth-order valence-corrected chi connectivity index (χ4v) is 3.27. The number of aromatic amines is 1. The summed E-state index contributed by atoms with van der Waals surface area (Å²) >= 11 is 1.24. The zero-order valence-corrected chi connectivity index (χ0v) is 15.8. The number of aromatic nitrogens is 3. The third-order valence-electron chi connectivity index (χ3n) is 3.83. The number of H-pyrrole nitrogens is 1. The van der Waals surface area contributed by atoms with Crippen LogP contribution in [0.5, 0.6) is 0 Å². The summed E-state index contributed by atoms with van der Waals surface area (Å²) in [6.45, 7) is 3.14. The monoisotopic (exact) mass is 399 g/mol. The number of carbonyl (C=O) groups excluding carboxylic acids is 2. The minimum absolute atomic E-state index is 0.0609. The third kappa shape index (κ3) is 4.23. The Morgan fingerprint density at radius 1 is 1.18 bits per heavy atom. The van der Waals surface area contributed by atoms with E-state index in [2.05, 4.69) is 25.8 Å². The quantitative estimate of drug-likeness (QED) is 0.502. The molecule has 3 aromatic rings. The Balaban J connectivity index is 1.75. The standard InChI is InChI=1S/C18H17N5O4S/c1-9-14(12-8-13(23-22-12)16(25)19-10(2)17(26)27)28-18(20-9)21-15(24)11-6-4-3-5-7-11/h3-8,10H,1-2H3,(H,19,25)(H,22,23)(H,26,27)(H,20,21,24)/t10-/m0/s1. The van der Waals surface area contributed by atoms with Gasteiger partial charge in [-0.2, -0.15) is 5.10 Å². The molecule has 9 nitrogen and oxygen atoms in total. The van der Waals surface area contributed by atoms with Gasteiger partial charge >= 0.3 is 5.97 Å². The number of carboxylic acid groups (broad SMARTS) is 1. The van der Waals surface area contributed by atoms with Gasteiger partial charge in [0.05, 0.1) is 16.3 Å². The van der Waals surface area contributed by atoms with Gasteiger partial charge in [0.1, 0.15) is 6.04 Å². The molecular formula is C18H17N5O4S. The first-order valence-electron chi connectivity index (χ1n) is 8.28. The maximum Gasteiger partial charge on any atom is 0.325 e. The molecule has 2 amide bonds. The summed E-state index contributed by atoms with van der Waals surface area (Å²) in [5.74, 6) is -2.01. The normalized spacial score (nSPS) is 11.6. The lowest BCUT2D eigenvalue weighted by Crippen LogP contribution is -2.38. The molecule has 0 unspecified atom stereocenters. The average molecular weight is 399 g/mol. The molecule has 3 rings (SSSR count). The molecule has 28 heavy (non-hydrogen) atoms. The number of hydrogen-bond acceptors (Lipinski definition) is 6. The van der Waals surface area contributed by atoms with Crippen molar-refractivity contribution in [3.8, 4) is 10.6 Å². The number of hydrogen-bond donors (Lipinski definition) is 4. The maximum absolute atomic E-state index is 12.3. The Kier molecular flexibility index (Phi) is 5.50. The summed E-state index contributed by atoms with van der Waals surface area (Å²) in [4.78, 5) is 40.2. The van der Waals surface area contributed by atoms with Crippen LogP contribution in [0.25, 0.3) is 10.6 Å². The van der Waals surface area contributed by atoms with E-state index >= 15 is 0 Å². The molecule has 4 N–H and O–H groups in total. The molecule has 0 fully saturated rings. The van der Waals surface area contributed by atoms with E-state index in [4.69, 9.17) is 5.11 Å². The molecule has 0 saturated carbocycles. The predicted octanol–water partition coefficient (Wildman–Crippen LogP) is 2.30. The van der Waals surface area contributed by atoms with E-state index in [1.165, 1.54) is 24.3 Å². The van der Waals surface area contributed by atoms with Gasteiger partial charge in [0.25, 0.3) is 11.8 Å². The highest BCUT2D eigenvalue weighted by molar-refractivity contribution is 7.19. The number of nitrogens with zero attached hydrogens (tertiary/aromatic N) is 2. The summed E-state index contributed by atoms with van der Waals surface area (Å²) in [5, 5.41) is 21.0. The minimum Gasteiger partial charge on any atom is -0.480 e. The second-order valence-electron chi connectivity index (χ2n) is 5.95. The van der Waals surface area contributed by atoms with Gasteiger partial charge < -0.3 is 10.4 Å². The number of carboxylic acids is 1. The highest BCUT2D eigenvalue weighted by Crippen LogP contribution is 2.32. The Morgan fingerprint density at radius 2 is 1.89 bits per heavy atom. The van der Waals surface area contributed by atoms with Gasteiger partial charge in [-0.05, 0) is 32.0 Å². The van der Waals surface area contributed by atoms with Crippen LogP contribution >= 0.6 is 11.3 Å². The Morgan fingerprint density at radius 3 is 2.57 bits per heavy atom. The van der Waals surface area contributed by atoms with Gasteiger partial charge in [-0.25, -0.2) is 4.98 Å². The molecule has 144 valence electrons. The fourth-order valence-electron chi connectivity index (χ4n) is 2.35. The molecule has 0 aliphatic rings. The summed E-state index contributed by atoms with van der Waals surface area (Å²) in [7, 11) is 0. The first-order chi connectivity index (χ1) is 13.3. The van der Waals surface area contributed by atoms with Crippen LogP contribution in [0.2, 0.25) is 0 Å². The zero-order valence-electron chi connectivity index (χ0n) is 15.0. The van der Waals surface area contributed by atoms with Crippen LogP contribution in [0.3, 0.4) is 0 Å². The van der Waals surface area contributed by atoms with Crippen LogP contribution in [-0.2, 0) is 4.79 Å². The summed E-state index contributed by atoms with van der Waals surface area (Å²) in [6.07, 6.45) is 0. The van der Waals surface area contributed by atoms with E-state index in [-0.39, 0.29) is 11.6 Å². The Hall–Kier alpha value is -3.53. The van der Waals surface area contributed by atoms with Gasteiger partial charge in [-0.15, -0.1) is 0 Å². The first kappa shape index (κ1) is 19.2. The van der Waals surface area contributed by atoms with Crippen molar-refractivity contribution in [3.05, 3.63) is 53.3 Å². The Bertz CT molecular complexity index is 1030. The van der Waals surface area contributed by atoms with E-state index in [1.54, 1.807) is 31.2 Å². The summed E-state index contributed by atoms with van der Waals surface area (Å²) in [5.41, 5.74) is 1.78. The number of nitrogens with one attached hydrogen (secondary N) is 3. The van der Waals surface area contributed by atoms with Gasteiger partial charge in [-0.1, -0.05) is 29.5 Å². The molecule has 2 aromatic heterocycles. The van der Waals surface area contributed by atoms with Crippen LogP contribution < -0.4 is 10.6 Å². The summed E-state index contributed by atoms with van der Waals surface area (Å²) in [6, 6.07) is 9.26. The third-order valence-corrected chi connectivity index (χ3v) is 4.93. The van der Waals surface area contributed by atoms with Crippen LogP contribution in [-0.4, -0.2) is 44.1 Å². The number of thiazole rings is 1.